The molecule has 180 valence electrons. The molecule has 1 N–H and O–H groups in total. The number of hydrogen-bond donors (Lipinski definition) is 1. The van der Waals surface area contributed by atoms with Gasteiger partial charge in [0.15, 0.2) is 11.7 Å². The molecule has 1 aromatic carbocycles. The van der Waals surface area contributed by atoms with Crippen LogP contribution in [0.2, 0.25) is 0 Å². The van der Waals surface area contributed by atoms with E-state index in [-0.39, 0.29) is 24.0 Å². The van der Waals surface area contributed by atoms with Crippen molar-refractivity contribution in [2.45, 2.75) is 64.3 Å². The Morgan fingerprint density at radius 1 is 1.30 bits per heavy atom. The summed E-state index contributed by atoms with van der Waals surface area (Å²) in [6.07, 6.45) is 4.78. The molecule has 7 nitrogen and oxygen atoms in total. The number of para-hydroxylation sites is 1. The van der Waals surface area contributed by atoms with Gasteiger partial charge in [0, 0.05) is 56.7 Å². The Bertz CT molecular complexity index is 956. The number of hydrogen-bond acceptors (Lipinski definition) is 4. The highest BCUT2D eigenvalue weighted by Gasteiger charge is 2.32. The number of anilines is 1. The van der Waals surface area contributed by atoms with E-state index in [1.54, 1.807) is 0 Å². The van der Waals surface area contributed by atoms with Gasteiger partial charge in [0.05, 0.1) is 12.2 Å². The molecule has 4 rings (SSSR count). The summed E-state index contributed by atoms with van der Waals surface area (Å²) >= 11 is 0. The van der Waals surface area contributed by atoms with Crippen molar-refractivity contribution in [2.75, 3.05) is 31.6 Å². The lowest BCUT2D eigenvalue weighted by molar-refractivity contribution is -0.127. The molecular weight excluding hydrogens is 529 g/mol. The lowest BCUT2D eigenvalue weighted by atomic mass is 9.98. The molecule has 3 heterocycles. The van der Waals surface area contributed by atoms with Crippen molar-refractivity contribution in [3.8, 4) is 0 Å². The van der Waals surface area contributed by atoms with Crippen molar-refractivity contribution in [1.82, 2.24) is 15.4 Å². The standard InChI is InChI=1S/C25H35N5O2.HI/c1-4-18(5-2)22-15-20(32-28-22)16-27-25(26-3)30-17-19(21-9-6-7-10-23(21)30)12-14-29-13-8-11-24(29)31;/h6-7,9-10,15,18-19H,4-5,8,11-14,16-17H2,1-3H3,(H,26,27);1H. The van der Waals surface area contributed by atoms with E-state index in [2.05, 4.69) is 64.5 Å². The topological polar surface area (TPSA) is 74.0 Å². The second-order valence-corrected chi connectivity index (χ2v) is 8.77. The van der Waals surface area contributed by atoms with E-state index in [9.17, 15) is 4.79 Å². The van der Waals surface area contributed by atoms with Gasteiger partial charge in [-0.25, -0.2) is 0 Å². The Hall–Kier alpha value is -2.10. The maximum absolute atomic E-state index is 12.0. The minimum absolute atomic E-state index is 0. The molecule has 0 saturated carbocycles. The number of guanidine groups is 1. The molecule has 0 bridgehead atoms. The summed E-state index contributed by atoms with van der Waals surface area (Å²) in [5.74, 6) is 2.78. The number of fused-ring (bicyclic) bond motifs is 1. The largest absolute Gasteiger partial charge is 0.359 e. The first-order chi connectivity index (χ1) is 15.6. The highest BCUT2D eigenvalue weighted by Crippen LogP contribution is 2.38. The quantitative estimate of drug-likeness (QED) is 0.281. The SMILES string of the molecule is CCC(CC)c1cc(CNC(=NC)N2CC(CCN3CCCC3=O)c3ccccc32)on1.I. The molecule has 0 aliphatic carbocycles. The van der Waals surface area contributed by atoms with E-state index in [0.717, 1.165) is 62.7 Å². The second kappa shape index (κ2) is 11.9. The zero-order valence-electron chi connectivity index (χ0n) is 19.9. The van der Waals surface area contributed by atoms with Crippen LogP contribution in [0.5, 0.6) is 0 Å². The van der Waals surface area contributed by atoms with Gasteiger partial charge in [-0.3, -0.25) is 9.79 Å². The minimum Gasteiger partial charge on any atom is -0.359 e. The first-order valence-corrected chi connectivity index (χ1v) is 11.9. The van der Waals surface area contributed by atoms with Gasteiger partial charge in [0.1, 0.15) is 0 Å². The number of halogens is 1. The third-order valence-corrected chi connectivity index (χ3v) is 6.86. The van der Waals surface area contributed by atoms with Gasteiger partial charge in [-0.15, -0.1) is 24.0 Å². The smallest absolute Gasteiger partial charge is 0.222 e. The Labute approximate surface area is 214 Å². The zero-order chi connectivity index (χ0) is 22.5. The third-order valence-electron chi connectivity index (χ3n) is 6.86. The zero-order valence-corrected chi connectivity index (χ0v) is 22.2. The van der Waals surface area contributed by atoms with Crippen LogP contribution in [0, 0.1) is 0 Å². The van der Waals surface area contributed by atoms with Crippen LogP contribution in [0.3, 0.4) is 0 Å². The first kappa shape index (κ1) is 25.5. The lowest BCUT2D eigenvalue weighted by Crippen LogP contribution is -2.40. The van der Waals surface area contributed by atoms with Crippen molar-refractivity contribution in [1.29, 1.82) is 0 Å². The molecule has 1 saturated heterocycles. The van der Waals surface area contributed by atoms with Crippen molar-refractivity contribution in [2.24, 2.45) is 4.99 Å². The van der Waals surface area contributed by atoms with Gasteiger partial charge in [0.2, 0.25) is 5.91 Å². The van der Waals surface area contributed by atoms with Crippen LogP contribution >= 0.6 is 24.0 Å². The molecular formula is C25H36IN5O2. The summed E-state index contributed by atoms with van der Waals surface area (Å²) in [6.45, 7) is 7.50. The summed E-state index contributed by atoms with van der Waals surface area (Å²) in [5, 5.41) is 7.73. The van der Waals surface area contributed by atoms with E-state index >= 15 is 0 Å². The molecule has 2 aliphatic rings. The first-order valence-electron chi connectivity index (χ1n) is 11.9. The van der Waals surface area contributed by atoms with Crippen LogP contribution in [-0.2, 0) is 11.3 Å². The molecule has 8 heteroatoms. The number of carbonyl (C=O) groups is 1. The van der Waals surface area contributed by atoms with Gasteiger partial charge in [-0.1, -0.05) is 37.2 Å². The third kappa shape index (κ3) is 5.70. The predicted molar refractivity (Wildman–Crippen MR) is 142 cm³/mol. The summed E-state index contributed by atoms with van der Waals surface area (Å²) in [6, 6.07) is 10.6. The van der Waals surface area contributed by atoms with Crippen LogP contribution in [0.4, 0.5) is 5.69 Å². The Morgan fingerprint density at radius 2 is 2.09 bits per heavy atom. The fourth-order valence-electron chi connectivity index (χ4n) is 4.97. The van der Waals surface area contributed by atoms with E-state index in [0.29, 0.717) is 30.7 Å². The maximum atomic E-state index is 12.0. The Balaban J connectivity index is 0.00000306. The molecule has 1 amide bonds. The number of likely N-dealkylation sites (tertiary alicyclic amines) is 1. The van der Waals surface area contributed by atoms with Crippen LogP contribution in [-0.4, -0.2) is 48.6 Å². The van der Waals surface area contributed by atoms with Crippen LogP contribution < -0.4 is 10.2 Å². The molecule has 2 aliphatic heterocycles. The van der Waals surface area contributed by atoms with Crippen LogP contribution in [0.1, 0.15) is 74.8 Å². The summed E-state index contributed by atoms with van der Waals surface area (Å²) in [7, 11) is 1.82. The predicted octanol–water partition coefficient (Wildman–Crippen LogP) is 4.89. The van der Waals surface area contributed by atoms with Gasteiger partial charge in [-0.05, 0) is 37.3 Å². The average molecular weight is 566 g/mol. The molecule has 0 radical (unpaired) electrons. The molecule has 2 aromatic rings. The van der Waals surface area contributed by atoms with Crippen molar-refractivity contribution >= 4 is 41.5 Å². The van der Waals surface area contributed by atoms with E-state index < -0.39 is 0 Å². The molecule has 1 unspecified atom stereocenters. The molecule has 0 spiro atoms. The number of amides is 1. The van der Waals surface area contributed by atoms with E-state index in [1.807, 2.05) is 11.9 Å². The number of carbonyl (C=O) groups excluding carboxylic acids is 1. The minimum atomic E-state index is 0. The summed E-state index contributed by atoms with van der Waals surface area (Å²) < 4.78 is 5.58. The number of nitrogens with zero attached hydrogens (tertiary/aromatic N) is 4. The van der Waals surface area contributed by atoms with Crippen molar-refractivity contribution < 1.29 is 9.32 Å². The van der Waals surface area contributed by atoms with Gasteiger partial charge in [0.25, 0.3) is 0 Å². The molecule has 1 aromatic heterocycles. The average Bonchev–Trinajstić information content (AvgIpc) is 3.53. The number of rotatable bonds is 8. The van der Waals surface area contributed by atoms with E-state index in [1.165, 1.54) is 11.3 Å². The maximum Gasteiger partial charge on any atom is 0.222 e. The monoisotopic (exact) mass is 565 g/mol. The summed E-state index contributed by atoms with van der Waals surface area (Å²) in [4.78, 5) is 20.8. The van der Waals surface area contributed by atoms with Gasteiger partial charge >= 0.3 is 0 Å². The van der Waals surface area contributed by atoms with Crippen molar-refractivity contribution in [3.05, 3.63) is 47.3 Å². The number of benzene rings is 1. The van der Waals surface area contributed by atoms with Gasteiger partial charge in [-0.2, -0.15) is 0 Å². The van der Waals surface area contributed by atoms with Crippen LogP contribution in [0.15, 0.2) is 39.8 Å². The Kier molecular flexibility index (Phi) is 9.17. The van der Waals surface area contributed by atoms with E-state index in [4.69, 9.17) is 4.52 Å². The van der Waals surface area contributed by atoms with Crippen molar-refractivity contribution in [3.63, 3.8) is 0 Å². The fourth-order valence-corrected chi connectivity index (χ4v) is 4.97. The number of aliphatic imine (C=N–C) groups is 1. The summed E-state index contributed by atoms with van der Waals surface area (Å²) in [5.41, 5.74) is 3.55. The molecule has 33 heavy (non-hydrogen) atoms. The highest BCUT2D eigenvalue weighted by atomic mass is 127. The van der Waals surface area contributed by atoms with Crippen LogP contribution in [0.25, 0.3) is 0 Å². The fraction of sp³-hybridized carbons (Fsp3) is 0.560. The molecule has 1 atom stereocenters. The Morgan fingerprint density at radius 3 is 2.79 bits per heavy atom. The number of nitrogens with one attached hydrogen (secondary N) is 1. The number of aromatic nitrogens is 1. The molecule has 1 fully saturated rings. The second-order valence-electron chi connectivity index (χ2n) is 8.77. The normalized spacial score (nSPS) is 18.1. The highest BCUT2D eigenvalue weighted by molar-refractivity contribution is 14.0. The van der Waals surface area contributed by atoms with Gasteiger partial charge < -0.3 is 19.6 Å². The lowest BCUT2D eigenvalue weighted by Gasteiger charge is -2.23.